The zero-order chi connectivity index (χ0) is 22.2. The number of fused-ring (bicyclic) bond motifs is 2. The highest BCUT2D eigenvalue weighted by molar-refractivity contribution is 7.15. The van der Waals surface area contributed by atoms with E-state index in [1.807, 2.05) is 30.9 Å². The molecule has 3 aromatic rings. The molecule has 0 bridgehead atoms. The molecule has 0 unspecified atom stereocenters. The number of methoxy groups -OCH3 is 1. The first-order chi connectivity index (χ1) is 15.5. The molecule has 1 aliphatic heterocycles. The second-order valence-electron chi connectivity index (χ2n) is 8.65. The van der Waals surface area contributed by atoms with Gasteiger partial charge in [-0.2, -0.15) is 0 Å². The molecule has 2 aromatic heterocycles. The van der Waals surface area contributed by atoms with Crippen LogP contribution in [0.2, 0.25) is 0 Å². The molecule has 1 amide bonds. The number of hydrogen-bond donors (Lipinski definition) is 1. The minimum Gasteiger partial charge on any atom is -0.381 e. The topological polar surface area (TPSA) is 67.3 Å². The Bertz CT molecular complexity index is 1150. The number of amides is 1. The minimum atomic E-state index is 0.0171. The third-order valence-electron chi connectivity index (χ3n) is 6.55. The molecule has 1 aromatic carbocycles. The number of ether oxygens (including phenoxy) is 1. The first-order valence-electron chi connectivity index (χ1n) is 11.2. The Kier molecular flexibility index (Phi) is 5.69. The molecule has 0 radical (unpaired) electrons. The number of aromatic nitrogens is 2. The molecule has 1 saturated carbocycles. The van der Waals surface area contributed by atoms with Gasteiger partial charge in [-0.05, 0) is 63.3 Å². The molecule has 1 N–H and O–H groups in total. The van der Waals surface area contributed by atoms with Gasteiger partial charge in [0.05, 0.1) is 39.6 Å². The van der Waals surface area contributed by atoms with Gasteiger partial charge in [0.25, 0.3) is 0 Å². The number of pyridine rings is 1. The van der Waals surface area contributed by atoms with Crippen LogP contribution in [0.4, 0.5) is 17.2 Å². The SMILES string of the molecule is CO[C@H]1CC[C@H](C(=O)N2Cc3cccnc3Nc3ccc(-c4sc(C)nc4C)cc32)CC1. The summed E-state index contributed by atoms with van der Waals surface area (Å²) in [6.07, 6.45) is 5.65. The second-order valence-corrected chi connectivity index (χ2v) is 9.85. The minimum absolute atomic E-state index is 0.0171. The number of hydrogen-bond acceptors (Lipinski definition) is 6. The quantitative estimate of drug-likeness (QED) is 0.563. The average molecular weight is 449 g/mol. The Balaban J connectivity index is 1.55. The van der Waals surface area contributed by atoms with Crippen molar-refractivity contribution in [3.63, 3.8) is 0 Å². The van der Waals surface area contributed by atoms with E-state index in [1.54, 1.807) is 24.6 Å². The van der Waals surface area contributed by atoms with Gasteiger partial charge in [-0.25, -0.2) is 9.97 Å². The molecule has 1 aliphatic carbocycles. The van der Waals surface area contributed by atoms with Gasteiger partial charge in [0.15, 0.2) is 0 Å². The van der Waals surface area contributed by atoms with E-state index in [4.69, 9.17) is 4.74 Å². The van der Waals surface area contributed by atoms with Crippen molar-refractivity contribution in [2.24, 2.45) is 5.92 Å². The Morgan fingerprint density at radius 2 is 2.00 bits per heavy atom. The van der Waals surface area contributed by atoms with E-state index in [1.165, 1.54) is 0 Å². The number of carbonyl (C=O) groups excluding carboxylic acids is 1. The fourth-order valence-electron chi connectivity index (χ4n) is 4.83. The fraction of sp³-hybridized carbons (Fsp3) is 0.400. The molecule has 0 spiro atoms. The molecule has 32 heavy (non-hydrogen) atoms. The van der Waals surface area contributed by atoms with Crippen molar-refractivity contribution >= 4 is 34.4 Å². The Morgan fingerprint density at radius 1 is 1.19 bits per heavy atom. The maximum absolute atomic E-state index is 13.8. The number of anilines is 3. The van der Waals surface area contributed by atoms with Gasteiger partial charge in [-0.3, -0.25) is 4.79 Å². The van der Waals surface area contributed by atoms with E-state index in [0.717, 1.165) is 69.6 Å². The standard InChI is InChI=1S/C25H28N4O2S/c1-15-23(32-16(2)27-15)18-8-11-21-22(13-18)29(14-19-5-4-12-26-24(19)28-21)25(30)17-6-9-20(31-3)10-7-17/h4-5,8,11-13,17,20H,6-7,9-10,14H2,1-3H3,(H,26,28)/t17-,20-. The lowest BCUT2D eigenvalue weighted by Crippen LogP contribution is -2.38. The number of nitrogens with zero attached hydrogens (tertiary/aromatic N) is 3. The van der Waals surface area contributed by atoms with E-state index < -0.39 is 0 Å². The van der Waals surface area contributed by atoms with Gasteiger partial charge in [-0.1, -0.05) is 12.1 Å². The van der Waals surface area contributed by atoms with Gasteiger partial charge in [0.2, 0.25) is 5.91 Å². The summed E-state index contributed by atoms with van der Waals surface area (Å²) in [5.74, 6) is 1.02. The van der Waals surface area contributed by atoms with Crippen LogP contribution >= 0.6 is 11.3 Å². The maximum Gasteiger partial charge on any atom is 0.230 e. The normalized spacial score (nSPS) is 20.2. The van der Waals surface area contributed by atoms with Crippen molar-refractivity contribution in [3.8, 4) is 10.4 Å². The summed E-state index contributed by atoms with van der Waals surface area (Å²) in [6, 6.07) is 10.3. The van der Waals surface area contributed by atoms with E-state index >= 15 is 0 Å². The summed E-state index contributed by atoms with van der Waals surface area (Å²) >= 11 is 1.69. The van der Waals surface area contributed by atoms with Crippen molar-refractivity contribution < 1.29 is 9.53 Å². The predicted molar refractivity (Wildman–Crippen MR) is 128 cm³/mol. The summed E-state index contributed by atoms with van der Waals surface area (Å²) in [4.78, 5) is 26.1. The van der Waals surface area contributed by atoms with E-state index in [-0.39, 0.29) is 17.9 Å². The third kappa shape index (κ3) is 3.91. The molecule has 3 heterocycles. The van der Waals surface area contributed by atoms with E-state index in [0.29, 0.717) is 6.54 Å². The summed E-state index contributed by atoms with van der Waals surface area (Å²) < 4.78 is 5.52. The van der Waals surface area contributed by atoms with Gasteiger partial charge >= 0.3 is 0 Å². The molecule has 166 valence electrons. The average Bonchev–Trinajstić information content (AvgIpc) is 3.06. The number of carbonyl (C=O) groups is 1. The largest absolute Gasteiger partial charge is 0.381 e. The second kappa shape index (κ2) is 8.64. The van der Waals surface area contributed by atoms with Crippen molar-refractivity contribution in [1.29, 1.82) is 0 Å². The predicted octanol–water partition coefficient (Wildman–Crippen LogP) is 5.62. The molecule has 7 heteroatoms. The lowest BCUT2D eigenvalue weighted by atomic mass is 9.86. The van der Waals surface area contributed by atoms with E-state index in [9.17, 15) is 4.79 Å². The molecule has 1 fully saturated rings. The molecule has 0 atom stereocenters. The summed E-state index contributed by atoms with van der Waals surface area (Å²) in [6.45, 7) is 4.58. The maximum atomic E-state index is 13.8. The summed E-state index contributed by atoms with van der Waals surface area (Å²) in [5.41, 5.74) is 4.95. The van der Waals surface area contributed by atoms with Crippen LogP contribution in [0.1, 0.15) is 41.9 Å². The van der Waals surface area contributed by atoms with Gasteiger partial charge in [0.1, 0.15) is 5.82 Å². The lowest BCUT2D eigenvalue weighted by molar-refractivity contribution is -0.124. The van der Waals surface area contributed by atoms with Crippen LogP contribution in [0, 0.1) is 19.8 Å². The van der Waals surface area contributed by atoms with Crippen LogP contribution in [0.25, 0.3) is 10.4 Å². The van der Waals surface area contributed by atoms with Crippen LogP contribution in [0.15, 0.2) is 36.5 Å². The first-order valence-corrected chi connectivity index (χ1v) is 12.0. The number of thiazole rings is 1. The highest BCUT2D eigenvalue weighted by Gasteiger charge is 2.33. The van der Waals surface area contributed by atoms with Crippen molar-refractivity contribution in [3.05, 3.63) is 52.8 Å². The molecule has 6 nitrogen and oxygen atoms in total. The number of rotatable bonds is 3. The third-order valence-corrected chi connectivity index (χ3v) is 7.67. The van der Waals surface area contributed by atoms with Crippen molar-refractivity contribution in [2.45, 2.75) is 52.2 Å². The Labute approximate surface area is 192 Å². The fourth-order valence-corrected chi connectivity index (χ4v) is 5.74. The van der Waals surface area contributed by atoms with Crippen molar-refractivity contribution in [1.82, 2.24) is 9.97 Å². The summed E-state index contributed by atoms with van der Waals surface area (Å²) in [5, 5.41) is 4.51. The number of benzene rings is 1. The highest BCUT2D eigenvalue weighted by Crippen LogP contribution is 2.41. The number of nitrogens with one attached hydrogen (secondary N) is 1. The molecule has 2 aliphatic rings. The highest BCUT2D eigenvalue weighted by atomic mass is 32.1. The van der Waals surface area contributed by atoms with Gasteiger partial charge in [0, 0.05) is 24.8 Å². The monoisotopic (exact) mass is 448 g/mol. The lowest BCUT2D eigenvalue weighted by Gasteiger charge is -2.32. The molecular weight excluding hydrogens is 420 g/mol. The molecular formula is C25H28N4O2S. The van der Waals surface area contributed by atoms with Crippen LogP contribution in [-0.2, 0) is 16.1 Å². The van der Waals surface area contributed by atoms with Crippen LogP contribution in [-0.4, -0.2) is 29.1 Å². The molecule has 0 saturated heterocycles. The molecule has 5 rings (SSSR count). The van der Waals surface area contributed by atoms with Crippen LogP contribution in [0.3, 0.4) is 0 Å². The van der Waals surface area contributed by atoms with Gasteiger partial charge < -0.3 is 15.0 Å². The van der Waals surface area contributed by atoms with Gasteiger partial charge in [-0.15, -0.1) is 11.3 Å². The first kappa shape index (κ1) is 21.1. The zero-order valence-electron chi connectivity index (χ0n) is 18.7. The van der Waals surface area contributed by atoms with E-state index in [2.05, 4.69) is 33.5 Å². The smallest absolute Gasteiger partial charge is 0.230 e. The zero-order valence-corrected chi connectivity index (χ0v) is 19.5. The number of aryl methyl sites for hydroxylation is 2. The Hall–Kier alpha value is -2.77. The van der Waals surface area contributed by atoms with Crippen LogP contribution < -0.4 is 10.2 Å². The van der Waals surface area contributed by atoms with Crippen LogP contribution in [0.5, 0.6) is 0 Å². The van der Waals surface area contributed by atoms with Crippen molar-refractivity contribution in [2.75, 3.05) is 17.3 Å². The Morgan fingerprint density at radius 3 is 2.72 bits per heavy atom. The summed E-state index contributed by atoms with van der Waals surface area (Å²) in [7, 11) is 1.76.